The normalized spacial score (nSPS) is 12.9. The van der Waals surface area contributed by atoms with Gasteiger partial charge in [0.05, 0.1) is 12.1 Å². The summed E-state index contributed by atoms with van der Waals surface area (Å²) < 4.78 is 84.4. The number of nitrogens with zero attached hydrogens (tertiary/aromatic N) is 1. The van der Waals surface area contributed by atoms with Crippen molar-refractivity contribution in [1.29, 1.82) is 0 Å². The molecule has 0 heterocycles. The van der Waals surface area contributed by atoms with Crippen molar-refractivity contribution >= 4 is 17.3 Å². The molecule has 0 aromatic heterocycles. The Kier molecular flexibility index (Phi) is 8.22. The number of rotatable bonds is 8. The van der Waals surface area contributed by atoms with Crippen LogP contribution in [0.1, 0.15) is 23.6 Å². The van der Waals surface area contributed by atoms with Crippen molar-refractivity contribution in [3.8, 4) is 11.5 Å². The van der Waals surface area contributed by atoms with Crippen LogP contribution in [0.4, 0.5) is 32.0 Å². The SMILES string of the molecule is CCc1cc(Oc2cccc(N(Cc3cccc(C(F)(F)F)c3)C[C@@H](O)C(F)(F)F)c2)ccc1Cl. The minimum atomic E-state index is -4.90. The van der Waals surface area contributed by atoms with Gasteiger partial charge >= 0.3 is 12.4 Å². The van der Waals surface area contributed by atoms with E-state index in [0.29, 0.717) is 22.9 Å². The van der Waals surface area contributed by atoms with Crippen LogP contribution in [0, 0.1) is 0 Å². The van der Waals surface area contributed by atoms with E-state index in [2.05, 4.69) is 0 Å². The van der Waals surface area contributed by atoms with Crippen molar-refractivity contribution in [1.82, 2.24) is 0 Å². The van der Waals surface area contributed by atoms with E-state index in [4.69, 9.17) is 16.3 Å². The summed E-state index contributed by atoms with van der Waals surface area (Å²) in [7, 11) is 0. The third-order valence-electron chi connectivity index (χ3n) is 5.22. The first-order valence-electron chi connectivity index (χ1n) is 10.6. The van der Waals surface area contributed by atoms with E-state index in [1.54, 1.807) is 30.3 Å². The first kappa shape index (κ1) is 26.7. The Labute approximate surface area is 203 Å². The Morgan fingerprint density at radius 1 is 0.914 bits per heavy atom. The molecule has 3 nitrogen and oxygen atoms in total. The first-order chi connectivity index (χ1) is 16.4. The molecule has 3 aromatic rings. The second-order valence-electron chi connectivity index (χ2n) is 7.84. The molecule has 35 heavy (non-hydrogen) atoms. The Hall–Kier alpha value is -2.91. The number of aliphatic hydroxyl groups is 1. The predicted molar refractivity (Wildman–Crippen MR) is 122 cm³/mol. The number of hydrogen-bond donors (Lipinski definition) is 1. The molecule has 0 unspecified atom stereocenters. The molecule has 0 fully saturated rings. The molecule has 0 bridgehead atoms. The molecule has 0 aliphatic heterocycles. The van der Waals surface area contributed by atoms with Gasteiger partial charge in [-0.25, -0.2) is 0 Å². The number of halogens is 7. The summed E-state index contributed by atoms with van der Waals surface area (Å²) in [6.07, 6.45) is -11.5. The monoisotopic (exact) mass is 517 g/mol. The van der Waals surface area contributed by atoms with E-state index in [9.17, 15) is 31.4 Å². The molecule has 3 aromatic carbocycles. The molecular weight excluding hydrogens is 496 g/mol. The number of benzene rings is 3. The van der Waals surface area contributed by atoms with Crippen LogP contribution in [0.5, 0.6) is 11.5 Å². The second kappa shape index (κ2) is 10.8. The number of hydrogen-bond acceptors (Lipinski definition) is 3. The zero-order chi connectivity index (χ0) is 25.8. The lowest BCUT2D eigenvalue weighted by Gasteiger charge is -2.29. The molecule has 0 radical (unpaired) electrons. The maximum Gasteiger partial charge on any atom is 0.416 e. The predicted octanol–water partition coefficient (Wildman–Crippen LogP) is 7.64. The number of aliphatic hydroxyl groups excluding tert-OH is 1. The zero-order valence-electron chi connectivity index (χ0n) is 18.5. The molecule has 1 N–H and O–H groups in total. The van der Waals surface area contributed by atoms with Crippen LogP contribution in [0.15, 0.2) is 66.7 Å². The number of anilines is 1. The third-order valence-corrected chi connectivity index (χ3v) is 5.58. The van der Waals surface area contributed by atoms with Gasteiger partial charge in [0, 0.05) is 23.3 Å². The zero-order valence-corrected chi connectivity index (χ0v) is 19.3. The molecule has 1 atom stereocenters. The van der Waals surface area contributed by atoms with Crippen molar-refractivity contribution in [3.63, 3.8) is 0 Å². The topological polar surface area (TPSA) is 32.7 Å². The van der Waals surface area contributed by atoms with Crippen LogP contribution in [0.25, 0.3) is 0 Å². The van der Waals surface area contributed by atoms with E-state index in [0.717, 1.165) is 22.6 Å². The highest BCUT2D eigenvalue weighted by Crippen LogP contribution is 2.33. The van der Waals surface area contributed by atoms with Crippen molar-refractivity contribution in [2.75, 3.05) is 11.4 Å². The van der Waals surface area contributed by atoms with Crippen LogP contribution >= 0.6 is 11.6 Å². The fourth-order valence-corrected chi connectivity index (χ4v) is 3.66. The quantitative estimate of drug-likeness (QED) is 0.312. The van der Waals surface area contributed by atoms with Crippen LogP contribution in [0.2, 0.25) is 5.02 Å². The Bertz CT molecular complexity index is 1150. The molecule has 0 spiro atoms. The summed E-state index contributed by atoms with van der Waals surface area (Å²) in [5.74, 6) is 0.755. The minimum absolute atomic E-state index is 0.130. The van der Waals surface area contributed by atoms with Gasteiger partial charge in [-0.05, 0) is 60.0 Å². The first-order valence-corrected chi connectivity index (χ1v) is 11.0. The van der Waals surface area contributed by atoms with Crippen LogP contribution in [-0.4, -0.2) is 23.9 Å². The van der Waals surface area contributed by atoms with Gasteiger partial charge in [-0.15, -0.1) is 0 Å². The van der Waals surface area contributed by atoms with E-state index >= 15 is 0 Å². The standard InChI is InChI=1S/C25H22ClF6NO2/c1-2-17-12-21(9-10-22(17)26)35-20-8-4-7-19(13-20)33(15-23(34)25(30,31)32)14-16-5-3-6-18(11-16)24(27,28)29/h3-13,23,34H,2,14-15H2,1H3/t23-/m1/s1. The number of aryl methyl sites for hydroxylation is 1. The van der Waals surface area contributed by atoms with Gasteiger partial charge in [-0.3, -0.25) is 0 Å². The van der Waals surface area contributed by atoms with Gasteiger partial charge in [0.15, 0.2) is 6.10 Å². The van der Waals surface area contributed by atoms with Gasteiger partial charge in [-0.1, -0.05) is 36.7 Å². The molecule has 0 aliphatic rings. The van der Waals surface area contributed by atoms with E-state index in [1.807, 2.05) is 6.92 Å². The second-order valence-corrected chi connectivity index (χ2v) is 8.25. The fraction of sp³-hybridized carbons (Fsp3) is 0.280. The van der Waals surface area contributed by atoms with E-state index < -0.39 is 30.6 Å². The fourth-order valence-electron chi connectivity index (χ4n) is 3.41. The number of alkyl halides is 6. The summed E-state index contributed by atoms with van der Waals surface area (Å²) in [6, 6.07) is 15.4. The van der Waals surface area contributed by atoms with Crippen molar-refractivity contribution in [2.24, 2.45) is 0 Å². The molecular formula is C25H22ClF6NO2. The van der Waals surface area contributed by atoms with Crippen LogP contribution in [-0.2, 0) is 19.1 Å². The van der Waals surface area contributed by atoms with Gasteiger partial charge in [-0.2, -0.15) is 26.3 Å². The van der Waals surface area contributed by atoms with Gasteiger partial charge in [0.2, 0.25) is 0 Å². The van der Waals surface area contributed by atoms with Gasteiger partial charge < -0.3 is 14.7 Å². The van der Waals surface area contributed by atoms with Crippen LogP contribution < -0.4 is 9.64 Å². The molecule has 0 aliphatic carbocycles. The molecule has 3 rings (SSSR count). The summed E-state index contributed by atoms with van der Waals surface area (Å²) in [6.45, 7) is 0.731. The highest BCUT2D eigenvalue weighted by molar-refractivity contribution is 6.31. The molecule has 188 valence electrons. The van der Waals surface area contributed by atoms with Crippen molar-refractivity contribution in [2.45, 2.75) is 38.3 Å². The molecule has 0 saturated heterocycles. The Morgan fingerprint density at radius 3 is 2.26 bits per heavy atom. The van der Waals surface area contributed by atoms with E-state index in [1.165, 1.54) is 24.3 Å². The lowest BCUT2D eigenvalue weighted by atomic mass is 10.1. The van der Waals surface area contributed by atoms with E-state index in [-0.39, 0.29) is 17.8 Å². The van der Waals surface area contributed by atoms with Crippen molar-refractivity contribution < 1.29 is 36.2 Å². The largest absolute Gasteiger partial charge is 0.457 e. The minimum Gasteiger partial charge on any atom is -0.457 e. The number of ether oxygens (including phenoxy) is 1. The molecule has 10 heteroatoms. The highest BCUT2D eigenvalue weighted by atomic mass is 35.5. The third kappa shape index (κ3) is 7.29. The molecule has 0 amide bonds. The average Bonchev–Trinajstić information content (AvgIpc) is 2.79. The lowest BCUT2D eigenvalue weighted by Crippen LogP contribution is -2.40. The Morgan fingerprint density at radius 2 is 1.60 bits per heavy atom. The Balaban J connectivity index is 1.92. The molecule has 0 saturated carbocycles. The summed E-state index contributed by atoms with van der Waals surface area (Å²) in [5.41, 5.74) is 0.288. The smallest absolute Gasteiger partial charge is 0.416 e. The van der Waals surface area contributed by atoms with Gasteiger partial charge in [0.25, 0.3) is 0 Å². The summed E-state index contributed by atoms with van der Waals surface area (Å²) >= 11 is 6.12. The van der Waals surface area contributed by atoms with Crippen molar-refractivity contribution in [3.05, 3.63) is 88.4 Å². The van der Waals surface area contributed by atoms with Gasteiger partial charge in [0.1, 0.15) is 11.5 Å². The maximum absolute atomic E-state index is 13.1. The van der Waals surface area contributed by atoms with Crippen LogP contribution in [0.3, 0.4) is 0 Å². The summed E-state index contributed by atoms with van der Waals surface area (Å²) in [4.78, 5) is 1.15. The summed E-state index contributed by atoms with van der Waals surface area (Å²) in [5, 5.41) is 10.2. The highest BCUT2D eigenvalue weighted by Gasteiger charge is 2.39. The maximum atomic E-state index is 13.1. The lowest BCUT2D eigenvalue weighted by molar-refractivity contribution is -0.200. The average molecular weight is 518 g/mol.